The maximum absolute atomic E-state index is 11.3. The molecule has 0 saturated heterocycles. The number of benzene rings is 7. The second kappa shape index (κ2) is 12.0. The Hall–Kier alpha value is -6.46. The number of fused-ring (bicyclic) bond motifs is 3. The van der Waals surface area contributed by atoms with E-state index in [2.05, 4.69) is 155 Å². The van der Waals surface area contributed by atoms with Crippen molar-refractivity contribution in [2.45, 2.75) is 0 Å². The van der Waals surface area contributed by atoms with Gasteiger partial charge in [-0.2, -0.15) is 5.26 Å². The molecule has 0 fully saturated rings. The summed E-state index contributed by atoms with van der Waals surface area (Å²) in [4.78, 5) is 4.06. The molecular weight excluding hydrogens is 599 g/mol. The molecule has 4 heteroatoms. The minimum Gasteiger partial charge on any atom is -0.310 e. The summed E-state index contributed by atoms with van der Waals surface area (Å²) in [6, 6.07) is 63.5. The van der Waals surface area contributed by atoms with Crippen LogP contribution in [0.4, 0.5) is 5.69 Å². The second-order valence-corrected chi connectivity index (χ2v) is 15.6. The van der Waals surface area contributed by atoms with Crippen LogP contribution in [0.15, 0.2) is 176 Å². The summed E-state index contributed by atoms with van der Waals surface area (Å²) in [6.07, 6.45) is 0. The molecule has 0 bridgehead atoms. The van der Waals surface area contributed by atoms with E-state index in [1.165, 1.54) is 15.6 Å². The normalized spacial score (nSPS) is 11.3. The van der Waals surface area contributed by atoms with Crippen LogP contribution in [0.3, 0.4) is 0 Å². The molecule has 0 unspecified atom stereocenters. The summed E-state index contributed by atoms with van der Waals surface area (Å²) >= 11 is 0. The number of nitriles is 1. The average Bonchev–Trinajstić information content (AvgIpc) is 3.50. The third-order valence-corrected chi connectivity index (χ3v) is 14.3. The van der Waals surface area contributed by atoms with E-state index in [1.54, 1.807) is 0 Å². The Morgan fingerprint density at radius 3 is 1.50 bits per heavy atom. The van der Waals surface area contributed by atoms with E-state index in [0.29, 0.717) is 11.3 Å². The van der Waals surface area contributed by atoms with Gasteiger partial charge in [0.2, 0.25) is 0 Å². The molecule has 224 valence electrons. The van der Waals surface area contributed by atoms with Crippen molar-refractivity contribution in [1.82, 2.24) is 4.57 Å². The first-order chi connectivity index (χ1) is 23.8. The highest BCUT2D eigenvalue weighted by atomic mass is 28.3. The van der Waals surface area contributed by atoms with Crippen LogP contribution in [0.2, 0.25) is 0 Å². The second-order valence-electron chi connectivity index (χ2n) is 11.8. The molecule has 0 aliphatic heterocycles. The number of nitrogens with zero attached hydrogens (tertiary/aromatic N) is 3. The highest BCUT2D eigenvalue weighted by Gasteiger charge is 2.43. The molecule has 0 aliphatic carbocycles. The Bertz CT molecular complexity index is 2370. The van der Waals surface area contributed by atoms with Gasteiger partial charge < -0.3 is 4.57 Å². The SMILES string of the molecule is [C-]#[N+]c1cccc(-n2c3ccccc3c3ccccc32)c1-c1cccc([Si](c2ccccc2)(c2ccccc2)c2ccccc2)c1C#N. The van der Waals surface area contributed by atoms with Gasteiger partial charge in [0.25, 0.3) is 0 Å². The van der Waals surface area contributed by atoms with Gasteiger partial charge in [-0.05, 0) is 44.5 Å². The van der Waals surface area contributed by atoms with Crippen molar-refractivity contribution >= 4 is 56.3 Å². The molecule has 1 heterocycles. The summed E-state index contributed by atoms with van der Waals surface area (Å²) in [5, 5.41) is 18.1. The number of aromatic nitrogens is 1. The van der Waals surface area contributed by atoms with Gasteiger partial charge in [0.1, 0.15) is 0 Å². The topological polar surface area (TPSA) is 33.1 Å². The molecular formula is C44H29N3Si. The van der Waals surface area contributed by atoms with Gasteiger partial charge in [0, 0.05) is 22.0 Å². The zero-order chi connectivity index (χ0) is 32.5. The third-order valence-electron chi connectivity index (χ3n) is 9.43. The molecule has 0 spiro atoms. The van der Waals surface area contributed by atoms with E-state index in [0.717, 1.165) is 43.8 Å². The zero-order valence-electron chi connectivity index (χ0n) is 26.1. The molecule has 7 aromatic carbocycles. The predicted octanol–water partition coefficient (Wildman–Crippen LogP) is 8.25. The fourth-order valence-electron chi connectivity index (χ4n) is 7.49. The van der Waals surface area contributed by atoms with Crippen molar-refractivity contribution in [3.8, 4) is 22.9 Å². The smallest absolute Gasteiger partial charge is 0.197 e. The first kappa shape index (κ1) is 29.0. The van der Waals surface area contributed by atoms with Gasteiger partial charge in [0.15, 0.2) is 13.8 Å². The molecule has 0 aliphatic rings. The molecule has 0 N–H and O–H groups in total. The molecule has 1 aromatic heterocycles. The molecule has 8 aromatic rings. The molecule has 0 amide bonds. The van der Waals surface area contributed by atoms with E-state index in [9.17, 15) is 5.26 Å². The highest BCUT2D eigenvalue weighted by molar-refractivity contribution is 7.20. The molecule has 0 saturated carbocycles. The van der Waals surface area contributed by atoms with Crippen LogP contribution in [0.5, 0.6) is 0 Å². The Labute approximate surface area is 281 Å². The summed E-state index contributed by atoms with van der Waals surface area (Å²) in [7, 11) is -3.04. The van der Waals surface area contributed by atoms with E-state index < -0.39 is 8.07 Å². The standard InChI is InChI=1S/C44H29N3Si/c1-46-39-26-16-29-42(47-40-27-13-11-23-35(40)36-24-12-14-28-41(36)47)44(39)37-25-15-30-43(38(37)31-45)48(32-17-5-2-6-18-32,33-19-7-3-8-20-33)34-21-9-4-10-22-34/h2-30H. The van der Waals surface area contributed by atoms with Crippen LogP contribution in [0.25, 0.3) is 43.5 Å². The zero-order valence-corrected chi connectivity index (χ0v) is 27.1. The first-order valence-corrected chi connectivity index (χ1v) is 18.0. The maximum Gasteiger partial charge on any atom is 0.197 e. The summed E-state index contributed by atoms with van der Waals surface area (Å²) < 4.78 is 2.25. The fourth-order valence-corrected chi connectivity index (χ4v) is 12.4. The predicted molar refractivity (Wildman–Crippen MR) is 201 cm³/mol. The van der Waals surface area contributed by atoms with Crippen LogP contribution in [-0.2, 0) is 0 Å². The van der Waals surface area contributed by atoms with Gasteiger partial charge in [-0.3, -0.25) is 0 Å². The lowest BCUT2D eigenvalue weighted by molar-refractivity contribution is 1.18. The van der Waals surface area contributed by atoms with Gasteiger partial charge in [0.05, 0.1) is 29.2 Å². The lowest BCUT2D eigenvalue weighted by atomic mass is 9.96. The Morgan fingerprint density at radius 2 is 1.00 bits per heavy atom. The van der Waals surface area contributed by atoms with Crippen molar-refractivity contribution in [3.63, 3.8) is 0 Å². The maximum atomic E-state index is 11.3. The third kappa shape index (κ3) is 4.40. The number of hydrogen-bond donors (Lipinski definition) is 0. The summed E-state index contributed by atoms with van der Waals surface area (Å²) in [5.41, 5.74) is 5.61. The van der Waals surface area contributed by atoms with Crippen molar-refractivity contribution in [1.29, 1.82) is 5.26 Å². The fraction of sp³-hybridized carbons (Fsp3) is 0. The highest BCUT2D eigenvalue weighted by Crippen LogP contribution is 2.41. The van der Waals surface area contributed by atoms with Crippen molar-refractivity contribution < 1.29 is 0 Å². The Balaban J connectivity index is 1.51. The average molecular weight is 628 g/mol. The lowest BCUT2D eigenvalue weighted by Gasteiger charge is -2.35. The minimum atomic E-state index is -3.04. The number of rotatable bonds is 6. The van der Waals surface area contributed by atoms with Crippen LogP contribution < -0.4 is 20.7 Å². The Morgan fingerprint density at radius 1 is 0.521 bits per heavy atom. The van der Waals surface area contributed by atoms with Gasteiger partial charge in [-0.1, -0.05) is 158 Å². The quantitative estimate of drug-likeness (QED) is 0.104. The molecule has 0 radical (unpaired) electrons. The molecule has 48 heavy (non-hydrogen) atoms. The van der Waals surface area contributed by atoms with Crippen molar-refractivity contribution in [2.75, 3.05) is 0 Å². The summed E-state index contributed by atoms with van der Waals surface area (Å²) in [6.45, 7) is 8.33. The van der Waals surface area contributed by atoms with E-state index in [4.69, 9.17) is 6.57 Å². The first-order valence-electron chi connectivity index (χ1n) is 16.0. The lowest BCUT2D eigenvalue weighted by Crippen LogP contribution is -2.75. The Kier molecular flexibility index (Phi) is 7.27. The van der Waals surface area contributed by atoms with Crippen LogP contribution in [0.1, 0.15) is 5.56 Å². The molecule has 3 nitrogen and oxygen atoms in total. The van der Waals surface area contributed by atoms with Gasteiger partial charge >= 0.3 is 0 Å². The van der Waals surface area contributed by atoms with E-state index >= 15 is 0 Å². The van der Waals surface area contributed by atoms with Crippen molar-refractivity contribution in [3.05, 3.63) is 193 Å². The van der Waals surface area contributed by atoms with E-state index in [1.807, 2.05) is 36.4 Å². The van der Waals surface area contributed by atoms with Crippen LogP contribution in [0, 0.1) is 17.9 Å². The largest absolute Gasteiger partial charge is 0.310 e. The van der Waals surface area contributed by atoms with Crippen LogP contribution in [-0.4, -0.2) is 12.6 Å². The van der Waals surface area contributed by atoms with Gasteiger partial charge in [-0.15, -0.1) is 0 Å². The summed E-state index contributed by atoms with van der Waals surface area (Å²) in [5.74, 6) is 0. The van der Waals surface area contributed by atoms with Crippen LogP contribution >= 0.6 is 0 Å². The molecule has 0 atom stereocenters. The monoisotopic (exact) mass is 627 g/mol. The van der Waals surface area contributed by atoms with Gasteiger partial charge in [-0.25, -0.2) is 4.85 Å². The number of para-hydroxylation sites is 2. The van der Waals surface area contributed by atoms with E-state index in [-0.39, 0.29) is 0 Å². The minimum absolute atomic E-state index is 0.509. The number of hydrogen-bond acceptors (Lipinski definition) is 1. The van der Waals surface area contributed by atoms with Crippen molar-refractivity contribution in [2.24, 2.45) is 0 Å². The molecule has 8 rings (SSSR count).